The normalized spacial score (nSPS) is 20.1. The molecule has 1 atom stereocenters. The first kappa shape index (κ1) is 16.5. The Labute approximate surface area is 130 Å². The van der Waals surface area contributed by atoms with Crippen molar-refractivity contribution in [3.63, 3.8) is 0 Å². The summed E-state index contributed by atoms with van der Waals surface area (Å²) in [7, 11) is 0. The summed E-state index contributed by atoms with van der Waals surface area (Å²) in [4.78, 5) is 2.66. The molecular formula is C19H32N2. The van der Waals surface area contributed by atoms with Gasteiger partial charge in [-0.3, -0.25) is 4.90 Å². The summed E-state index contributed by atoms with van der Waals surface area (Å²) >= 11 is 0. The van der Waals surface area contributed by atoms with Crippen LogP contribution in [0.2, 0.25) is 0 Å². The van der Waals surface area contributed by atoms with E-state index in [1.807, 2.05) is 0 Å². The quantitative estimate of drug-likeness (QED) is 0.820. The van der Waals surface area contributed by atoms with Crippen molar-refractivity contribution in [2.75, 3.05) is 19.6 Å². The van der Waals surface area contributed by atoms with Crippen LogP contribution >= 0.6 is 0 Å². The molecule has 1 aromatic carbocycles. The molecule has 0 radical (unpaired) electrons. The molecule has 1 aliphatic rings. The predicted molar refractivity (Wildman–Crippen MR) is 91.6 cm³/mol. The molecule has 21 heavy (non-hydrogen) atoms. The lowest BCUT2D eigenvalue weighted by atomic mass is 9.94. The van der Waals surface area contributed by atoms with Crippen molar-refractivity contribution in [1.82, 2.24) is 10.2 Å². The highest BCUT2D eigenvalue weighted by Gasteiger charge is 2.19. The molecule has 118 valence electrons. The van der Waals surface area contributed by atoms with E-state index in [1.54, 1.807) is 0 Å². The third kappa shape index (κ3) is 5.44. The summed E-state index contributed by atoms with van der Waals surface area (Å²) < 4.78 is 0. The fourth-order valence-corrected chi connectivity index (χ4v) is 3.32. The predicted octanol–water partition coefficient (Wildman–Crippen LogP) is 3.85. The minimum atomic E-state index is 0.574. The second kappa shape index (κ2) is 8.55. The van der Waals surface area contributed by atoms with Gasteiger partial charge in [-0.15, -0.1) is 0 Å². The minimum Gasteiger partial charge on any atom is -0.314 e. The van der Waals surface area contributed by atoms with Gasteiger partial charge in [0.1, 0.15) is 0 Å². The zero-order valence-corrected chi connectivity index (χ0v) is 14.1. The number of hydrogen-bond acceptors (Lipinski definition) is 2. The van der Waals surface area contributed by atoms with E-state index in [0.29, 0.717) is 6.04 Å². The van der Waals surface area contributed by atoms with Crippen molar-refractivity contribution in [1.29, 1.82) is 0 Å². The van der Waals surface area contributed by atoms with Gasteiger partial charge in [0, 0.05) is 19.1 Å². The lowest BCUT2D eigenvalue weighted by molar-refractivity contribution is 0.164. The maximum atomic E-state index is 3.53. The Kier molecular flexibility index (Phi) is 6.72. The van der Waals surface area contributed by atoms with Gasteiger partial charge in [0.05, 0.1) is 0 Å². The molecule has 2 nitrogen and oxygen atoms in total. The SMILES string of the molecule is CCC1CCCN(Cc2ccccc2CCNC(C)C)C1. The molecule has 1 N–H and O–H groups in total. The van der Waals surface area contributed by atoms with Crippen molar-refractivity contribution in [2.45, 2.75) is 59.0 Å². The second-order valence-electron chi connectivity index (χ2n) is 6.78. The number of piperidine rings is 1. The van der Waals surface area contributed by atoms with Gasteiger partial charge >= 0.3 is 0 Å². The minimum absolute atomic E-state index is 0.574. The molecule has 0 bridgehead atoms. The Morgan fingerprint density at radius 1 is 1.24 bits per heavy atom. The third-order valence-corrected chi connectivity index (χ3v) is 4.64. The molecule has 0 spiro atoms. The molecular weight excluding hydrogens is 256 g/mol. The molecule has 0 aliphatic carbocycles. The first-order valence-corrected chi connectivity index (χ1v) is 8.71. The molecule has 0 saturated carbocycles. The zero-order valence-electron chi connectivity index (χ0n) is 14.1. The van der Waals surface area contributed by atoms with Crippen LogP contribution in [0.1, 0.15) is 51.2 Å². The summed E-state index contributed by atoms with van der Waals surface area (Å²) in [5.74, 6) is 0.911. The van der Waals surface area contributed by atoms with Crippen LogP contribution in [-0.2, 0) is 13.0 Å². The summed E-state index contributed by atoms with van der Waals surface area (Å²) in [6, 6.07) is 9.57. The van der Waals surface area contributed by atoms with Crippen molar-refractivity contribution < 1.29 is 0 Å². The van der Waals surface area contributed by atoms with E-state index in [0.717, 1.165) is 25.4 Å². The van der Waals surface area contributed by atoms with Gasteiger partial charge in [0.2, 0.25) is 0 Å². The lowest BCUT2D eigenvalue weighted by Crippen LogP contribution is -2.35. The molecule has 0 aromatic heterocycles. The van der Waals surface area contributed by atoms with Gasteiger partial charge in [-0.05, 0) is 49.4 Å². The van der Waals surface area contributed by atoms with Crippen molar-refractivity contribution in [2.24, 2.45) is 5.92 Å². The van der Waals surface area contributed by atoms with Gasteiger partial charge in [-0.25, -0.2) is 0 Å². The zero-order chi connectivity index (χ0) is 15.1. The molecule has 0 amide bonds. The van der Waals surface area contributed by atoms with Gasteiger partial charge in [-0.1, -0.05) is 51.5 Å². The standard InChI is InChI=1S/C19H32N2/c1-4-17-8-7-13-21(14-17)15-19-10-6-5-9-18(19)11-12-20-16(2)3/h5-6,9-10,16-17,20H,4,7-8,11-15H2,1-3H3. The number of likely N-dealkylation sites (tertiary alicyclic amines) is 1. The van der Waals surface area contributed by atoms with Crippen molar-refractivity contribution in [3.05, 3.63) is 35.4 Å². The Balaban J connectivity index is 1.92. The van der Waals surface area contributed by atoms with Gasteiger partial charge in [0.15, 0.2) is 0 Å². The summed E-state index contributed by atoms with van der Waals surface area (Å²) in [6.07, 6.45) is 5.26. The van der Waals surface area contributed by atoms with Crippen LogP contribution in [-0.4, -0.2) is 30.6 Å². The monoisotopic (exact) mass is 288 g/mol. The van der Waals surface area contributed by atoms with Gasteiger partial charge in [0.25, 0.3) is 0 Å². The molecule has 2 rings (SSSR count). The topological polar surface area (TPSA) is 15.3 Å². The summed E-state index contributed by atoms with van der Waals surface area (Å²) in [5.41, 5.74) is 3.05. The van der Waals surface area contributed by atoms with E-state index in [4.69, 9.17) is 0 Å². The van der Waals surface area contributed by atoms with E-state index in [1.165, 1.54) is 43.5 Å². The highest BCUT2D eigenvalue weighted by Crippen LogP contribution is 2.22. The highest BCUT2D eigenvalue weighted by atomic mass is 15.1. The molecule has 1 heterocycles. The summed E-state index contributed by atoms with van der Waals surface area (Å²) in [6.45, 7) is 11.5. The molecule has 1 saturated heterocycles. The molecule has 2 heteroatoms. The maximum Gasteiger partial charge on any atom is 0.0236 e. The van der Waals surface area contributed by atoms with E-state index < -0.39 is 0 Å². The number of hydrogen-bond donors (Lipinski definition) is 1. The fourth-order valence-electron chi connectivity index (χ4n) is 3.32. The van der Waals surface area contributed by atoms with Crippen LogP contribution in [0.5, 0.6) is 0 Å². The molecule has 1 aliphatic heterocycles. The van der Waals surface area contributed by atoms with Crippen LogP contribution in [0, 0.1) is 5.92 Å². The molecule has 1 unspecified atom stereocenters. The first-order valence-electron chi connectivity index (χ1n) is 8.71. The average Bonchev–Trinajstić information content (AvgIpc) is 2.49. The van der Waals surface area contributed by atoms with Crippen molar-refractivity contribution >= 4 is 0 Å². The second-order valence-corrected chi connectivity index (χ2v) is 6.78. The Morgan fingerprint density at radius 2 is 2.00 bits per heavy atom. The number of nitrogens with zero attached hydrogens (tertiary/aromatic N) is 1. The molecule has 1 fully saturated rings. The Bertz CT molecular complexity index is 414. The van der Waals surface area contributed by atoms with Crippen LogP contribution in [0.3, 0.4) is 0 Å². The number of rotatable bonds is 7. The summed E-state index contributed by atoms with van der Waals surface area (Å²) in [5, 5.41) is 3.53. The lowest BCUT2D eigenvalue weighted by Gasteiger charge is -2.32. The average molecular weight is 288 g/mol. The van der Waals surface area contributed by atoms with Crippen LogP contribution in [0.25, 0.3) is 0 Å². The van der Waals surface area contributed by atoms with E-state index in [-0.39, 0.29) is 0 Å². The van der Waals surface area contributed by atoms with Gasteiger partial charge < -0.3 is 5.32 Å². The number of benzene rings is 1. The van der Waals surface area contributed by atoms with Crippen molar-refractivity contribution in [3.8, 4) is 0 Å². The maximum absolute atomic E-state index is 3.53. The first-order chi connectivity index (χ1) is 10.2. The third-order valence-electron chi connectivity index (χ3n) is 4.64. The van der Waals surface area contributed by atoms with Gasteiger partial charge in [-0.2, -0.15) is 0 Å². The Morgan fingerprint density at radius 3 is 2.71 bits per heavy atom. The Hall–Kier alpha value is -0.860. The highest BCUT2D eigenvalue weighted by molar-refractivity contribution is 5.27. The largest absolute Gasteiger partial charge is 0.314 e. The van der Waals surface area contributed by atoms with Crippen LogP contribution in [0.4, 0.5) is 0 Å². The fraction of sp³-hybridized carbons (Fsp3) is 0.684. The van der Waals surface area contributed by atoms with E-state index in [2.05, 4.69) is 55.3 Å². The van der Waals surface area contributed by atoms with E-state index in [9.17, 15) is 0 Å². The van der Waals surface area contributed by atoms with E-state index >= 15 is 0 Å². The number of nitrogens with one attached hydrogen (secondary N) is 1. The smallest absolute Gasteiger partial charge is 0.0236 e. The van der Waals surface area contributed by atoms with Crippen LogP contribution < -0.4 is 5.32 Å². The molecule has 1 aromatic rings. The van der Waals surface area contributed by atoms with Crippen LogP contribution in [0.15, 0.2) is 24.3 Å².